The quantitative estimate of drug-likeness (QED) is 0.476. The van der Waals surface area contributed by atoms with Gasteiger partial charge in [-0.1, -0.05) is 34.2 Å². The highest BCUT2D eigenvalue weighted by Crippen LogP contribution is 2.24. The number of nitrogens with zero attached hydrogens (tertiary/aromatic N) is 2. The van der Waals surface area contributed by atoms with Crippen molar-refractivity contribution in [3.05, 3.63) is 27.1 Å². The smallest absolute Gasteiger partial charge is 0.324 e. The Morgan fingerprint density at radius 3 is 2.76 bits per heavy atom. The summed E-state index contributed by atoms with van der Waals surface area (Å²) in [5.41, 5.74) is 0. The van der Waals surface area contributed by atoms with E-state index in [1.807, 2.05) is 6.92 Å². The summed E-state index contributed by atoms with van der Waals surface area (Å²) in [6.45, 7) is 2.63. The average molecular weight is 321 g/mol. The van der Waals surface area contributed by atoms with Crippen LogP contribution in [-0.2, 0) is 0 Å². The van der Waals surface area contributed by atoms with Crippen LogP contribution in [-0.4, -0.2) is 34.2 Å². The predicted octanol–water partition coefficient (Wildman–Crippen LogP) is 2.90. The molecule has 0 radical (unpaired) electrons. The summed E-state index contributed by atoms with van der Waals surface area (Å²) in [6, 6.07) is 2.86. The normalized spacial score (nSPS) is 12.2. The van der Waals surface area contributed by atoms with E-state index in [2.05, 4.69) is 15.9 Å². The first-order chi connectivity index (χ1) is 7.91. The van der Waals surface area contributed by atoms with Crippen molar-refractivity contribution >= 4 is 38.2 Å². The van der Waals surface area contributed by atoms with Gasteiger partial charge in [0.2, 0.25) is 0 Å². The van der Waals surface area contributed by atoms with Crippen LogP contribution in [0.5, 0.6) is 0 Å². The van der Waals surface area contributed by atoms with Crippen LogP contribution in [0.3, 0.4) is 0 Å². The fraction of sp³-hybridized carbons (Fsp3) is 0.500. The molecule has 0 aliphatic carbocycles. The van der Waals surface area contributed by atoms with Crippen LogP contribution in [0.15, 0.2) is 12.1 Å². The first-order valence-electron chi connectivity index (χ1n) is 5.05. The van der Waals surface area contributed by atoms with Gasteiger partial charge in [-0.2, -0.15) is 0 Å². The molecule has 1 unspecified atom stereocenters. The molecule has 0 aliphatic heterocycles. The van der Waals surface area contributed by atoms with Gasteiger partial charge in [0.15, 0.2) is 0 Å². The Kier molecular flexibility index (Phi) is 5.07. The number of halogens is 1. The summed E-state index contributed by atoms with van der Waals surface area (Å²) in [5.74, 6) is -0.170. The van der Waals surface area contributed by atoms with Gasteiger partial charge in [0.05, 0.1) is 9.80 Å². The highest BCUT2D eigenvalue weighted by Gasteiger charge is 2.18. The third-order valence-electron chi connectivity index (χ3n) is 2.19. The van der Waals surface area contributed by atoms with Crippen molar-refractivity contribution in [1.82, 2.24) is 4.90 Å². The number of hydrogen-bond donors (Lipinski definition) is 0. The molecule has 1 amide bonds. The minimum atomic E-state index is -0.484. The lowest BCUT2D eigenvalue weighted by Crippen LogP contribution is -2.28. The highest BCUT2D eigenvalue weighted by atomic mass is 79.9. The standard InChI is InChI=1S/C10H13BrN2O3S/c1-7(11)5-6-12(2)10(14)8-3-4-9(17-8)13(15)16/h3-4,7H,5-6H2,1-2H3. The molecular formula is C10H13BrN2O3S. The van der Waals surface area contributed by atoms with Crippen molar-refractivity contribution in [2.75, 3.05) is 13.6 Å². The predicted molar refractivity (Wildman–Crippen MR) is 70.9 cm³/mol. The molecule has 5 nitrogen and oxygen atoms in total. The van der Waals surface area contributed by atoms with Gasteiger partial charge in [-0.15, -0.1) is 0 Å². The Balaban J connectivity index is 2.65. The molecule has 1 rings (SSSR count). The molecule has 0 aliphatic rings. The maximum atomic E-state index is 11.9. The summed E-state index contributed by atoms with van der Waals surface area (Å²) in [6.07, 6.45) is 0.843. The Bertz CT molecular complexity index is 419. The molecule has 0 aromatic carbocycles. The molecule has 1 atom stereocenters. The van der Waals surface area contributed by atoms with Crippen molar-refractivity contribution < 1.29 is 9.72 Å². The Morgan fingerprint density at radius 2 is 2.29 bits per heavy atom. The molecule has 94 valence electrons. The number of rotatable bonds is 5. The molecule has 0 N–H and O–H groups in total. The second-order valence-electron chi connectivity index (χ2n) is 3.69. The molecule has 1 aromatic heterocycles. The maximum Gasteiger partial charge on any atom is 0.324 e. The third-order valence-corrected chi connectivity index (χ3v) is 3.67. The minimum Gasteiger partial charge on any atom is -0.341 e. The van der Waals surface area contributed by atoms with Crippen LogP contribution in [0.25, 0.3) is 0 Å². The Morgan fingerprint density at radius 1 is 1.65 bits per heavy atom. The topological polar surface area (TPSA) is 63.5 Å². The number of hydrogen-bond acceptors (Lipinski definition) is 4. The molecule has 1 heterocycles. The van der Waals surface area contributed by atoms with E-state index < -0.39 is 4.92 Å². The lowest BCUT2D eigenvalue weighted by molar-refractivity contribution is -0.380. The van der Waals surface area contributed by atoms with Gasteiger partial charge in [-0.25, -0.2) is 0 Å². The first kappa shape index (κ1) is 14.1. The zero-order chi connectivity index (χ0) is 13.0. The largest absolute Gasteiger partial charge is 0.341 e. The van der Waals surface area contributed by atoms with Crippen molar-refractivity contribution in [3.8, 4) is 0 Å². The average Bonchev–Trinajstić information content (AvgIpc) is 2.73. The van der Waals surface area contributed by atoms with E-state index in [1.54, 1.807) is 11.9 Å². The fourth-order valence-electron chi connectivity index (χ4n) is 1.20. The summed E-state index contributed by atoms with van der Waals surface area (Å²) in [5, 5.41) is 10.5. The van der Waals surface area contributed by atoms with Crippen LogP contribution < -0.4 is 0 Å². The number of thiophene rings is 1. The molecule has 7 heteroatoms. The van der Waals surface area contributed by atoms with Gasteiger partial charge in [-0.3, -0.25) is 14.9 Å². The van der Waals surface area contributed by atoms with Gasteiger partial charge in [0.1, 0.15) is 0 Å². The number of amides is 1. The lowest BCUT2D eigenvalue weighted by Gasteiger charge is -2.16. The van der Waals surface area contributed by atoms with E-state index in [1.165, 1.54) is 12.1 Å². The summed E-state index contributed by atoms with van der Waals surface area (Å²) >= 11 is 4.32. The van der Waals surface area contributed by atoms with E-state index >= 15 is 0 Å². The van der Waals surface area contributed by atoms with E-state index in [0.717, 1.165) is 17.8 Å². The van der Waals surface area contributed by atoms with Crippen molar-refractivity contribution in [2.24, 2.45) is 0 Å². The second kappa shape index (κ2) is 6.11. The molecular weight excluding hydrogens is 308 g/mol. The number of carbonyl (C=O) groups is 1. The molecule has 0 bridgehead atoms. The maximum absolute atomic E-state index is 11.9. The second-order valence-corrected chi connectivity index (χ2v) is 6.32. The van der Waals surface area contributed by atoms with Gasteiger partial charge >= 0.3 is 5.00 Å². The van der Waals surface area contributed by atoms with E-state index in [4.69, 9.17) is 0 Å². The lowest BCUT2D eigenvalue weighted by atomic mass is 10.3. The summed E-state index contributed by atoms with van der Waals surface area (Å²) < 4.78 is 0. The monoisotopic (exact) mass is 320 g/mol. The Labute approximate surface area is 112 Å². The van der Waals surface area contributed by atoms with Gasteiger partial charge in [-0.05, 0) is 12.5 Å². The van der Waals surface area contributed by atoms with Gasteiger partial charge in [0.25, 0.3) is 5.91 Å². The van der Waals surface area contributed by atoms with E-state index in [-0.39, 0.29) is 10.9 Å². The summed E-state index contributed by atoms with van der Waals surface area (Å²) in [4.78, 5) is 24.2. The molecule has 0 spiro atoms. The van der Waals surface area contributed by atoms with Gasteiger partial charge < -0.3 is 4.90 Å². The van der Waals surface area contributed by atoms with Crippen molar-refractivity contribution in [3.63, 3.8) is 0 Å². The highest BCUT2D eigenvalue weighted by molar-refractivity contribution is 9.09. The van der Waals surface area contributed by atoms with Gasteiger partial charge in [0, 0.05) is 24.5 Å². The van der Waals surface area contributed by atoms with Crippen molar-refractivity contribution in [2.45, 2.75) is 18.2 Å². The van der Waals surface area contributed by atoms with Crippen LogP contribution in [0.4, 0.5) is 5.00 Å². The first-order valence-corrected chi connectivity index (χ1v) is 6.78. The van der Waals surface area contributed by atoms with Crippen LogP contribution in [0.2, 0.25) is 0 Å². The van der Waals surface area contributed by atoms with Crippen LogP contribution in [0, 0.1) is 10.1 Å². The number of nitro groups is 1. The SMILES string of the molecule is CC(Br)CCN(C)C(=O)c1ccc([N+](=O)[O-])s1. The third kappa shape index (κ3) is 4.08. The molecule has 1 aromatic rings. The zero-order valence-electron chi connectivity index (χ0n) is 9.55. The van der Waals surface area contributed by atoms with Crippen molar-refractivity contribution in [1.29, 1.82) is 0 Å². The molecule has 17 heavy (non-hydrogen) atoms. The zero-order valence-corrected chi connectivity index (χ0v) is 12.0. The molecule has 0 fully saturated rings. The minimum absolute atomic E-state index is 0.00407. The van der Waals surface area contributed by atoms with E-state index in [9.17, 15) is 14.9 Å². The van der Waals surface area contributed by atoms with E-state index in [0.29, 0.717) is 16.2 Å². The number of alkyl halides is 1. The number of carbonyl (C=O) groups excluding carboxylic acids is 1. The molecule has 0 saturated heterocycles. The fourth-order valence-corrected chi connectivity index (χ4v) is 2.22. The Hall–Kier alpha value is -0.950. The van der Waals surface area contributed by atoms with Crippen LogP contribution >= 0.6 is 27.3 Å². The summed E-state index contributed by atoms with van der Waals surface area (Å²) in [7, 11) is 1.70. The molecule has 0 saturated carbocycles. The van der Waals surface area contributed by atoms with Crippen LogP contribution in [0.1, 0.15) is 23.0 Å².